The summed E-state index contributed by atoms with van der Waals surface area (Å²) in [6, 6.07) is 17.8. The van der Waals surface area contributed by atoms with Crippen molar-refractivity contribution in [3.8, 4) is 0 Å². The lowest BCUT2D eigenvalue weighted by molar-refractivity contribution is -0.332. The zero-order valence-corrected chi connectivity index (χ0v) is 30.0. The molecule has 1 amide bonds. The molecule has 2 fully saturated rings. The Balaban J connectivity index is 1.47. The van der Waals surface area contributed by atoms with E-state index in [0.717, 1.165) is 49.7 Å². The second-order valence-electron chi connectivity index (χ2n) is 13.1. The molecule has 2 aliphatic rings. The third kappa shape index (κ3) is 12.8. The van der Waals surface area contributed by atoms with Gasteiger partial charge in [-0.2, -0.15) is 0 Å². The molecule has 5 N–H and O–H groups in total. The summed E-state index contributed by atoms with van der Waals surface area (Å²) in [4.78, 5) is 23.3. The number of aliphatic hydroxyl groups is 4. The molecule has 0 spiro atoms. The Labute approximate surface area is 305 Å². The number of amides is 1. The third-order valence-corrected chi connectivity index (χ3v) is 9.15. The minimum Gasteiger partial charge on any atom is -0.469 e. The minimum absolute atomic E-state index is 0.144. The fraction of sp³-hybridized carbons (Fsp3) is 0.632. The van der Waals surface area contributed by atoms with Crippen molar-refractivity contribution in [3.05, 3.63) is 71.8 Å². The van der Waals surface area contributed by atoms with Gasteiger partial charge in [0.05, 0.1) is 33.5 Å². The van der Waals surface area contributed by atoms with Crippen LogP contribution in [0.4, 0.5) is 0 Å². The maximum absolute atomic E-state index is 12.0. The summed E-state index contributed by atoms with van der Waals surface area (Å²) >= 11 is 0. The first kappa shape index (κ1) is 41.7. The predicted molar refractivity (Wildman–Crippen MR) is 186 cm³/mol. The van der Waals surface area contributed by atoms with Crippen LogP contribution >= 0.6 is 0 Å². The van der Waals surface area contributed by atoms with Crippen LogP contribution in [0, 0.1) is 0 Å². The predicted octanol–water partition coefficient (Wildman–Crippen LogP) is 2.12. The quantitative estimate of drug-likeness (QED) is 0.0927. The minimum atomic E-state index is -1.50. The van der Waals surface area contributed by atoms with Crippen molar-refractivity contribution in [1.29, 1.82) is 0 Å². The molecule has 2 saturated heterocycles. The molecule has 0 radical (unpaired) electrons. The highest BCUT2D eigenvalue weighted by Crippen LogP contribution is 2.30. The van der Waals surface area contributed by atoms with Crippen LogP contribution in [0.2, 0.25) is 0 Å². The number of carbonyl (C=O) groups excluding carboxylic acids is 2. The van der Waals surface area contributed by atoms with Gasteiger partial charge in [0.2, 0.25) is 5.91 Å². The normalized spacial score (nSPS) is 29.0. The molecule has 0 unspecified atom stereocenters. The number of hydrogen-bond acceptors (Lipinski definition) is 13. The van der Waals surface area contributed by atoms with E-state index in [9.17, 15) is 30.0 Å². The number of unbranched alkanes of at least 4 members (excludes halogenated alkanes) is 5. The molecule has 2 heterocycles. The van der Waals surface area contributed by atoms with Gasteiger partial charge in [0.1, 0.15) is 48.8 Å². The van der Waals surface area contributed by atoms with Crippen molar-refractivity contribution in [3.63, 3.8) is 0 Å². The van der Waals surface area contributed by atoms with Gasteiger partial charge in [-0.1, -0.05) is 86.3 Å². The summed E-state index contributed by atoms with van der Waals surface area (Å²) in [6.45, 7) is 1.06. The lowest BCUT2D eigenvalue weighted by Gasteiger charge is -2.45. The number of ether oxygens (including phenoxy) is 7. The monoisotopic (exact) mass is 733 g/mol. The summed E-state index contributed by atoms with van der Waals surface area (Å²) < 4.78 is 41.8. The number of nitrogens with one attached hydrogen (secondary N) is 1. The number of benzene rings is 2. The van der Waals surface area contributed by atoms with Gasteiger partial charge < -0.3 is 58.9 Å². The van der Waals surface area contributed by atoms with E-state index in [1.165, 1.54) is 14.0 Å². The Kier molecular flexibility index (Phi) is 17.9. The topological polar surface area (TPSA) is 192 Å². The zero-order valence-electron chi connectivity index (χ0n) is 30.0. The SMILES string of the molecule is COC(=O)CCCCCCCCO[C@H]1O[C@H](CO[C@@H]2O[C@H](CO)[C@@H](O)[C@H](O)[C@H]2NC(C)=O)[C@@H](OCc2ccccc2)[C@H](O)[C@@H]1OCc1ccccc1. The third-order valence-electron chi connectivity index (χ3n) is 9.15. The van der Waals surface area contributed by atoms with E-state index in [-0.39, 0.29) is 25.8 Å². The highest BCUT2D eigenvalue weighted by atomic mass is 16.7. The Morgan fingerprint density at radius 2 is 1.27 bits per heavy atom. The molecule has 0 bridgehead atoms. The number of rotatable bonds is 21. The van der Waals surface area contributed by atoms with Gasteiger partial charge >= 0.3 is 5.97 Å². The van der Waals surface area contributed by atoms with Crippen molar-refractivity contribution >= 4 is 11.9 Å². The number of carbonyl (C=O) groups is 2. The maximum atomic E-state index is 12.0. The first-order chi connectivity index (χ1) is 25.2. The van der Waals surface area contributed by atoms with Crippen LogP contribution in [0.1, 0.15) is 63.0 Å². The van der Waals surface area contributed by atoms with E-state index >= 15 is 0 Å². The van der Waals surface area contributed by atoms with Crippen molar-refractivity contribution in [1.82, 2.24) is 5.32 Å². The Morgan fingerprint density at radius 1 is 0.692 bits per heavy atom. The van der Waals surface area contributed by atoms with Crippen LogP contribution in [-0.2, 0) is 56.0 Å². The number of hydrogen-bond donors (Lipinski definition) is 5. The van der Waals surface area contributed by atoms with Crippen molar-refractivity contribution < 1.29 is 63.2 Å². The molecule has 2 aliphatic heterocycles. The van der Waals surface area contributed by atoms with Crippen LogP contribution in [0.5, 0.6) is 0 Å². The van der Waals surface area contributed by atoms with Gasteiger partial charge in [-0.3, -0.25) is 9.59 Å². The van der Waals surface area contributed by atoms with Gasteiger partial charge in [-0.25, -0.2) is 0 Å². The van der Waals surface area contributed by atoms with E-state index in [1.54, 1.807) is 0 Å². The summed E-state index contributed by atoms with van der Waals surface area (Å²) in [5.41, 5.74) is 1.76. The smallest absolute Gasteiger partial charge is 0.305 e. The summed E-state index contributed by atoms with van der Waals surface area (Å²) in [6.07, 6.45) is -4.84. The van der Waals surface area contributed by atoms with Gasteiger partial charge in [0.15, 0.2) is 12.6 Å². The number of methoxy groups -OCH3 is 1. The molecular weight excluding hydrogens is 678 g/mol. The highest BCUT2D eigenvalue weighted by molar-refractivity contribution is 5.73. The second-order valence-corrected chi connectivity index (χ2v) is 13.1. The Morgan fingerprint density at radius 3 is 1.87 bits per heavy atom. The van der Waals surface area contributed by atoms with Crippen LogP contribution in [0.3, 0.4) is 0 Å². The van der Waals surface area contributed by atoms with Crippen LogP contribution < -0.4 is 5.32 Å². The molecule has 52 heavy (non-hydrogen) atoms. The molecule has 2 aromatic rings. The van der Waals surface area contributed by atoms with E-state index in [2.05, 4.69) is 5.32 Å². The van der Waals surface area contributed by atoms with Gasteiger partial charge in [0.25, 0.3) is 0 Å². The Hall–Kier alpha value is -3.02. The number of esters is 1. The molecule has 0 saturated carbocycles. The molecule has 290 valence electrons. The zero-order chi connectivity index (χ0) is 37.3. The molecule has 4 rings (SSSR count). The van der Waals surface area contributed by atoms with E-state index < -0.39 is 73.9 Å². The summed E-state index contributed by atoms with van der Waals surface area (Å²) in [5.74, 6) is -0.689. The standard InChI is InChI=1S/C38H55NO13/c1-25(41)39-31-33(44)32(43)28(21-40)51-37(31)50-24-29-35(48-22-26-15-9-7-10-16-26)34(45)36(49-23-27-17-11-8-12-18-27)38(52-29)47-20-14-6-4-3-5-13-19-30(42)46-2/h7-12,15-18,28-29,31-38,40,43-45H,3-6,13-14,19-24H2,1-2H3,(H,39,41)/t28-,29-,31-,32-,33-,34+,35-,36+,37-,38+/m1/s1. The van der Waals surface area contributed by atoms with Gasteiger partial charge in [0, 0.05) is 20.0 Å². The summed E-state index contributed by atoms with van der Waals surface area (Å²) in [7, 11) is 1.39. The molecule has 0 aliphatic carbocycles. The maximum Gasteiger partial charge on any atom is 0.305 e. The lowest BCUT2D eigenvalue weighted by Crippen LogP contribution is -2.65. The molecular formula is C38H55NO13. The second kappa shape index (κ2) is 22.3. The van der Waals surface area contributed by atoms with Gasteiger partial charge in [-0.05, 0) is 24.0 Å². The lowest BCUT2D eigenvalue weighted by atomic mass is 9.96. The van der Waals surface area contributed by atoms with Crippen LogP contribution in [0.25, 0.3) is 0 Å². The first-order valence-corrected chi connectivity index (χ1v) is 18.1. The van der Waals surface area contributed by atoms with Crippen molar-refractivity contribution in [2.24, 2.45) is 0 Å². The number of aliphatic hydroxyl groups excluding tert-OH is 4. The molecule has 14 nitrogen and oxygen atoms in total. The van der Waals surface area contributed by atoms with Crippen LogP contribution in [0.15, 0.2) is 60.7 Å². The fourth-order valence-electron chi connectivity index (χ4n) is 6.26. The molecule has 10 atom stereocenters. The van der Waals surface area contributed by atoms with E-state index in [4.69, 9.17) is 33.2 Å². The largest absolute Gasteiger partial charge is 0.469 e. The van der Waals surface area contributed by atoms with E-state index in [0.29, 0.717) is 13.0 Å². The summed E-state index contributed by atoms with van der Waals surface area (Å²) in [5, 5.41) is 45.4. The van der Waals surface area contributed by atoms with E-state index in [1.807, 2.05) is 60.7 Å². The average molecular weight is 734 g/mol. The van der Waals surface area contributed by atoms with Crippen LogP contribution in [-0.4, -0.2) is 121 Å². The Bertz CT molecular complexity index is 1300. The van der Waals surface area contributed by atoms with Gasteiger partial charge in [-0.15, -0.1) is 0 Å². The fourth-order valence-corrected chi connectivity index (χ4v) is 6.26. The van der Waals surface area contributed by atoms with Crippen molar-refractivity contribution in [2.75, 3.05) is 26.9 Å². The average Bonchev–Trinajstić information content (AvgIpc) is 3.15. The molecule has 14 heteroatoms. The van der Waals surface area contributed by atoms with Crippen molar-refractivity contribution in [2.45, 2.75) is 126 Å². The highest BCUT2D eigenvalue weighted by Gasteiger charge is 2.50. The molecule has 0 aromatic heterocycles. The molecule has 2 aromatic carbocycles. The first-order valence-electron chi connectivity index (χ1n) is 18.1.